The number of nitrogens with one attached hydrogen (secondary N) is 1. The fraction of sp³-hybridized carbons (Fsp3) is 0.176. The van der Waals surface area contributed by atoms with Gasteiger partial charge in [0.05, 0.1) is 25.7 Å². The SMILES string of the molecule is Cc1ccc([N+](=O)[O-])cc1NC(=O)COC(=O)COc1cc(Cl)c(Cl)cc1Cl. The standard InChI is InChI=1S/C17H13Cl3N2O6/c1-9-2-3-10(22(25)26)4-14(9)21-16(23)7-28-17(24)8-27-15-6-12(19)11(18)5-13(15)20/h2-6H,7-8H2,1H3,(H,21,23). The van der Waals surface area contributed by atoms with Crippen molar-refractivity contribution in [1.29, 1.82) is 0 Å². The zero-order valence-electron chi connectivity index (χ0n) is 14.3. The Morgan fingerprint density at radius 3 is 2.43 bits per heavy atom. The molecule has 2 rings (SSSR count). The van der Waals surface area contributed by atoms with Gasteiger partial charge >= 0.3 is 5.97 Å². The van der Waals surface area contributed by atoms with Crippen LogP contribution < -0.4 is 10.1 Å². The summed E-state index contributed by atoms with van der Waals surface area (Å²) < 4.78 is 9.99. The van der Waals surface area contributed by atoms with Crippen LogP contribution in [0.25, 0.3) is 0 Å². The molecule has 0 heterocycles. The van der Waals surface area contributed by atoms with Crippen molar-refractivity contribution in [3.05, 3.63) is 61.1 Å². The first kappa shape index (κ1) is 21.7. The Balaban J connectivity index is 1.86. The molecule has 0 saturated carbocycles. The van der Waals surface area contributed by atoms with Gasteiger partial charge in [-0.2, -0.15) is 0 Å². The van der Waals surface area contributed by atoms with Crippen molar-refractivity contribution in [2.45, 2.75) is 6.92 Å². The Bertz CT molecular complexity index is 935. The van der Waals surface area contributed by atoms with Gasteiger partial charge in [-0.25, -0.2) is 4.79 Å². The lowest BCUT2D eigenvalue weighted by molar-refractivity contribution is -0.384. The number of halogens is 3. The van der Waals surface area contributed by atoms with Crippen LogP contribution in [0.15, 0.2) is 30.3 Å². The monoisotopic (exact) mass is 446 g/mol. The predicted octanol–water partition coefficient (Wildman–Crippen LogP) is 4.42. The maximum Gasteiger partial charge on any atom is 0.344 e. The topological polar surface area (TPSA) is 108 Å². The number of carbonyl (C=O) groups excluding carboxylic acids is 2. The second kappa shape index (κ2) is 9.59. The van der Waals surface area contributed by atoms with Crippen LogP contribution in [0.5, 0.6) is 5.75 Å². The van der Waals surface area contributed by atoms with Crippen LogP contribution in [-0.2, 0) is 14.3 Å². The summed E-state index contributed by atoms with van der Waals surface area (Å²) in [6.07, 6.45) is 0. The highest BCUT2D eigenvalue weighted by molar-refractivity contribution is 6.43. The van der Waals surface area contributed by atoms with E-state index in [4.69, 9.17) is 44.3 Å². The van der Waals surface area contributed by atoms with Crippen LogP contribution >= 0.6 is 34.8 Å². The quantitative estimate of drug-likeness (QED) is 0.291. The summed E-state index contributed by atoms with van der Waals surface area (Å²) in [6.45, 7) is 0.556. The van der Waals surface area contributed by atoms with Gasteiger partial charge in [-0.1, -0.05) is 40.9 Å². The number of amides is 1. The highest BCUT2D eigenvalue weighted by Crippen LogP contribution is 2.33. The van der Waals surface area contributed by atoms with Crippen LogP contribution in [-0.4, -0.2) is 30.0 Å². The van der Waals surface area contributed by atoms with E-state index in [9.17, 15) is 19.7 Å². The van der Waals surface area contributed by atoms with E-state index >= 15 is 0 Å². The molecule has 0 aliphatic heterocycles. The first-order valence-corrected chi connectivity index (χ1v) is 8.78. The fourth-order valence-electron chi connectivity index (χ4n) is 1.98. The van der Waals surface area contributed by atoms with Gasteiger partial charge in [-0.3, -0.25) is 14.9 Å². The number of non-ortho nitro benzene ring substituents is 1. The van der Waals surface area contributed by atoms with E-state index < -0.39 is 30.0 Å². The molecule has 1 N–H and O–H groups in total. The number of aryl methyl sites for hydroxylation is 1. The number of benzene rings is 2. The third-order valence-corrected chi connectivity index (χ3v) is 4.41. The van der Waals surface area contributed by atoms with E-state index in [1.165, 1.54) is 30.3 Å². The first-order chi connectivity index (χ1) is 13.2. The van der Waals surface area contributed by atoms with Crippen molar-refractivity contribution < 1.29 is 24.0 Å². The van der Waals surface area contributed by atoms with E-state index in [0.717, 1.165) is 0 Å². The van der Waals surface area contributed by atoms with Crippen LogP contribution in [0.4, 0.5) is 11.4 Å². The molecule has 0 radical (unpaired) electrons. The molecule has 148 valence electrons. The van der Waals surface area contributed by atoms with Crippen molar-refractivity contribution in [1.82, 2.24) is 0 Å². The summed E-state index contributed by atoms with van der Waals surface area (Å²) in [5.74, 6) is -1.36. The van der Waals surface area contributed by atoms with Crippen molar-refractivity contribution >= 4 is 58.1 Å². The third-order valence-electron chi connectivity index (χ3n) is 3.39. The lowest BCUT2D eigenvalue weighted by Crippen LogP contribution is -2.24. The molecule has 0 bridgehead atoms. The molecule has 0 unspecified atom stereocenters. The number of hydrogen-bond acceptors (Lipinski definition) is 6. The molecule has 2 aromatic rings. The van der Waals surface area contributed by atoms with Crippen molar-refractivity contribution in [3.8, 4) is 5.75 Å². The van der Waals surface area contributed by atoms with Gasteiger partial charge in [0.25, 0.3) is 11.6 Å². The molecular weight excluding hydrogens is 435 g/mol. The molecule has 0 aromatic heterocycles. The number of carbonyl (C=O) groups is 2. The number of hydrogen-bond donors (Lipinski definition) is 1. The number of nitro benzene ring substituents is 1. The maximum absolute atomic E-state index is 11.9. The number of ether oxygens (including phenoxy) is 2. The zero-order valence-corrected chi connectivity index (χ0v) is 16.6. The predicted molar refractivity (Wildman–Crippen MR) is 104 cm³/mol. The van der Waals surface area contributed by atoms with E-state index in [1.807, 2.05) is 0 Å². The first-order valence-electron chi connectivity index (χ1n) is 7.65. The average molecular weight is 448 g/mol. The number of rotatable bonds is 7. The molecule has 28 heavy (non-hydrogen) atoms. The second-order valence-electron chi connectivity index (χ2n) is 5.45. The number of nitrogens with zero attached hydrogens (tertiary/aromatic N) is 1. The number of nitro groups is 1. The Morgan fingerprint density at radius 2 is 1.75 bits per heavy atom. The maximum atomic E-state index is 11.9. The Labute approximate surface area is 174 Å². The van der Waals surface area contributed by atoms with Crippen molar-refractivity contribution in [2.75, 3.05) is 18.5 Å². The second-order valence-corrected chi connectivity index (χ2v) is 6.67. The molecule has 0 spiro atoms. The summed E-state index contributed by atoms with van der Waals surface area (Å²) in [5.41, 5.74) is 0.682. The molecule has 0 saturated heterocycles. The van der Waals surface area contributed by atoms with Gasteiger partial charge in [0, 0.05) is 18.2 Å². The summed E-state index contributed by atoms with van der Waals surface area (Å²) in [6, 6.07) is 6.73. The van der Waals surface area contributed by atoms with Crippen LogP contribution in [0.2, 0.25) is 15.1 Å². The van der Waals surface area contributed by atoms with E-state index in [1.54, 1.807) is 6.92 Å². The highest BCUT2D eigenvalue weighted by atomic mass is 35.5. The van der Waals surface area contributed by atoms with E-state index in [-0.39, 0.29) is 32.2 Å². The van der Waals surface area contributed by atoms with Gasteiger partial charge < -0.3 is 14.8 Å². The van der Waals surface area contributed by atoms with Gasteiger partial charge in [-0.15, -0.1) is 0 Å². The summed E-state index contributed by atoms with van der Waals surface area (Å²) in [5, 5.41) is 13.8. The van der Waals surface area contributed by atoms with E-state index in [0.29, 0.717) is 5.56 Å². The molecule has 11 heteroatoms. The van der Waals surface area contributed by atoms with Gasteiger partial charge in [-0.05, 0) is 18.6 Å². The molecule has 0 atom stereocenters. The molecular formula is C17H13Cl3N2O6. The highest BCUT2D eigenvalue weighted by Gasteiger charge is 2.14. The Morgan fingerprint density at radius 1 is 1.07 bits per heavy atom. The minimum absolute atomic E-state index is 0.129. The van der Waals surface area contributed by atoms with Gasteiger partial charge in [0.15, 0.2) is 13.2 Å². The van der Waals surface area contributed by atoms with Crippen LogP contribution in [0.3, 0.4) is 0 Å². The number of esters is 1. The van der Waals surface area contributed by atoms with Crippen LogP contribution in [0, 0.1) is 17.0 Å². The average Bonchev–Trinajstić information content (AvgIpc) is 2.63. The van der Waals surface area contributed by atoms with Crippen molar-refractivity contribution in [2.24, 2.45) is 0 Å². The molecule has 2 aromatic carbocycles. The summed E-state index contributed by atoms with van der Waals surface area (Å²) >= 11 is 17.6. The normalized spacial score (nSPS) is 10.3. The Hall–Kier alpha value is -2.55. The molecule has 0 fully saturated rings. The van der Waals surface area contributed by atoms with Gasteiger partial charge in [0.1, 0.15) is 5.75 Å². The minimum atomic E-state index is -0.826. The molecule has 0 aliphatic rings. The fourth-order valence-corrected chi connectivity index (χ4v) is 2.58. The van der Waals surface area contributed by atoms with Crippen molar-refractivity contribution in [3.63, 3.8) is 0 Å². The molecule has 8 nitrogen and oxygen atoms in total. The lowest BCUT2D eigenvalue weighted by Gasteiger charge is -2.10. The minimum Gasteiger partial charge on any atom is -0.480 e. The molecule has 0 aliphatic carbocycles. The lowest BCUT2D eigenvalue weighted by atomic mass is 10.2. The smallest absolute Gasteiger partial charge is 0.344 e. The largest absolute Gasteiger partial charge is 0.480 e. The van der Waals surface area contributed by atoms with Gasteiger partial charge in [0.2, 0.25) is 0 Å². The third kappa shape index (κ3) is 5.98. The number of anilines is 1. The summed E-state index contributed by atoms with van der Waals surface area (Å²) in [7, 11) is 0. The Kier molecular flexibility index (Phi) is 7.45. The van der Waals surface area contributed by atoms with E-state index in [2.05, 4.69) is 5.32 Å². The summed E-state index contributed by atoms with van der Waals surface area (Å²) in [4.78, 5) is 33.9. The zero-order chi connectivity index (χ0) is 20.8. The molecule has 1 amide bonds. The van der Waals surface area contributed by atoms with Crippen LogP contribution in [0.1, 0.15) is 5.56 Å².